The highest BCUT2D eigenvalue weighted by Crippen LogP contribution is 2.23. The normalized spacial score (nSPS) is 15.5. The number of imidazole rings is 1. The maximum atomic E-state index is 5.76. The van der Waals surface area contributed by atoms with E-state index in [1.54, 1.807) is 0 Å². The predicted molar refractivity (Wildman–Crippen MR) is 57.1 cm³/mol. The number of hydrogen-bond donors (Lipinski definition) is 2. The van der Waals surface area contributed by atoms with E-state index in [0.29, 0.717) is 11.3 Å². The molecule has 3 rings (SSSR count). The minimum Gasteiger partial charge on any atom is -0.382 e. The van der Waals surface area contributed by atoms with Crippen LogP contribution in [0.1, 0.15) is 18.7 Å². The number of nitrogens with zero attached hydrogens (tertiary/aromatic N) is 4. The number of aryl methyl sites for hydroxylation is 2. The number of aromatic nitrogens is 4. The lowest BCUT2D eigenvalue weighted by Crippen LogP contribution is -2.11. The molecule has 0 aliphatic carbocycles. The Kier molecular flexibility index (Phi) is 1.59. The topological polar surface area (TPSA) is 95.6 Å². The first-order valence-corrected chi connectivity index (χ1v) is 5.04. The van der Waals surface area contributed by atoms with Crippen molar-refractivity contribution in [2.24, 2.45) is 0 Å². The number of hydrogen-bond acceptors (Lipinski definition) is 5. The highest BCUT2D eigenvalue weighted by molar-refractivity contribution is 5.83. The van der Waals surface area contributed by atoms with Gasteiger partial charge < -0.3 is 16.0 Å². The Hall–Kier alpha value is -1.85. The zero-order valence-corrected chi connectivity index (χ0v) is 8.27. The van der Waals surface area contributed by atoms with Crippen molar-refractivity contribution < 1.29 is 0 Å². The monoisotopic (exact) mass is 204 g/mol. The van der Waals surface area contributed by atoms with E-state index in [-0.39, 0.29) is 5.95 Å². The molecule has 0 saturated heterocycles. The summed E-state index contributed by atoms with van der Waals surface area (Å²) in [5.41, 5.74) is 12.8. The summed E-state index contributed by atoms with van der Waals surface area (Å²) in [6, 6.07) is 0. The Morgan fingerprint density at radius 2 is 1.93 bits per heavy atom. The lowest BCUT2D eigenvalue weighted by molar-refractivity contribution is 0.530. The number of anilines is 2. The molecule has 0 unspecified atom stereocenters. The van der Waals surface area contributed by atoms with Crippen LogP contribution in [0.4, 0.5) is 11.8 Å². The molecule has 78 valence electrons. The summed E-state index contributed by atoms with van der Waals surface area (Å²) in [7, 11) is 0. The molecule has 6 nitrogen and oxygen atoms in total. The molecule has 0 bridgehead atoms. The second kappa shape index (κ2) is 2.82. The van der Waals surface area contributed by atoms with Gasteiger partial charge in [-0.15, -0.1) is 0 Å². The Balaban J connectivity index is 2.37. The second-order valence-corrected chi connectivity index (χ2v) is 3.78. The fourth-order valence-electron chi connectivity index (χ4n) is 2.06. The maximum absolute atomic E-state index is 5.76. The van der Waals surface area contributed by atoms with E-state index in [4.69, 9.17) is 11.5 Å². The molecule has 1 aliphatic rings. The SMILES string of the molecule is Nc1nc(N)c2nc3n(c2n1)CCCC3. The number of rotatable bonds is 0. The van der Waals surface area contributed by atoms with Crippen LogP contribution in [0.2, 0.25) is 0 Å². The number of fused-ring (bicyclic) bond motifs is 3. The zero-order valence-electron chi connectivity index (χ0n) is 8.27. The largest absolute Gasteiger partial charge is 0.382 e. The molecule has 6 heteroatoms. The standard InChI is InChI=1S/C9H12N6/c10-7-6-8(14-9(11)13-7)15-4-2-1-3-5(15)12-6/h1-4H2,(H4,10,11,13,14). The van der Waals surface area contributed by atoms with E-state index in [1.807, 2.05) is 0 Å². The Morgan fingerprint density at radius 3 is 2.80 bits per heavy atom. The first-order valence-electron chi connectivity index (χ1n) is 5.04. The van der Waals surface area contributed by atoms with E-state index in [0.717, 1.165) is 30.9 Å². The van der Waals surface area contributed by atoms with Crippen LogP contribution in [0.25, 0.3) is 11.2 Å². The van der Waals surface area contributed by atoms with Crippen molar-refractivity contribution >= 4 is 22.9 Å². The minimum absolute atomic E-state index is 0.216. The molecule has 0 amide bonds. The molecule has 0 saturated carbocycles. The van der Waals surface area contributed by atoms with Crippen LogP contribution in [0.15, 0.2) is 0 Å². The Labute approximate surface area is 86.3 Å². The molecule has 0 radical (unpaired) electrons. The van der Waals surface area contributed by atoms with Crippen LogP contribution >= 0.6 is 0 Å². The van der Waals surface area contributed by atoms with Gasteiger partial charge in [0.1, 0.15) is 5.82 Å². The molecular formula is C9H12N6. The summed E-state index contributed by atoms with van der Waals surface area (Å²) in [5, 5.41) is 0. The van der Waals surface area contributed by atoms with Crippen molar-refractivity contribution in [3.63, 3.8) is 0 Å². The third-order valence-electron chi connectivity index (χ3n) is 2.75. The molecular weight excluding hydrogens is 192 g/mol. The first kappa shape index (κ1) is 8.46. The highest BCUT2D eigenvalue weighted by atomic mass is 15.2. The van der Waals surface area contributed by atoms with E-state index in [1.165, 1.54) is 6.42 Å². The van der Waals surface area contributed by atoms with E-state index < -0.39 is 0 Å². The van der Waals surface area contributed by atoms with E-state index in [9.17, 15) is 0 Å². The lowest BCUT2D eigenvalue weighted by atomic mass is 10.2. The molecule has 0 aromatic carbocycles. The summed E-state index contributed by atoms with van der Waals surface area (Å²) < 4.78 is 2.09. The van der Waals surface area contributed by atoms with Crippen LogP contribution in [0, 0.1) is 0 Å². The molecule has 0 fully saturated rings. The average molecular weight is 204 g/mol. The van der Waals surface area contributed by atoms with Gasteiger partial charge in [0.05, 0.1) is 0 Å². The van der Waals surface area contributed by atoms with Crippen LogP contribution in [-0.4, -0.2) is 19.5 Å². The van der Waals surface area contributed by atoms with E-state index in [2.05, 4.69) is 19.5 Å². The van der Waals surface area contributed by atoms with Gasteiger partial charge in [0.2, 0.25) is 5.95 Å². The molecule has 15 heavy (non-hydrogen) atoms. The third-order valence-corrected chi connectivity index (χ3v) is 2.75. The van der Waals surface area contributed by atoms with Crippen LogP contribution in [0.5, 0.6) is 0 Å². The van der Waals surface area contributed by atoms with Crippen LogP contribution in [0.3, 0.4) is 0 Å². The number of nitrogens with two attached hydrogens (primary N) is 2. The smallest absolute Gasteiger partial charge is 0.224 e. The van der Waals surface area contributed by atoms with Gasteiger partial charge in [-0.1, -0.05) is 0 Å². The van der Waals surface area contributed by atoms with Gasteiger partial charge in [-0.3, -0.25) is 0 Å². The lowest BCUT2D eigenvalue weighted by Gasteiger charge is -2.13. The molecule has 1 aliphatic heterocycles. The highest BCUT2D eigenvalue weighted by Gasteiger charge is 2.17. The van der Waals surface area contributed by atoms with Gasteiger partial charge >= 0.3 is 0 Å². The zero-order chi connectivity index (χ0) is 10.4. The molecule has 0 spiro atoms. The molecule has 2 aromatic heterocycles. The fourth-order valence-corrected chi connectivity index (χ4v) is 2.06. The first-order chi connectivity index (χ1) is 7.25. The summed E-state index contributed by atoms with van der Waals surface area (Å²) in [4.78, 5) is 12.6. The molecule has 0 atom stereocenters. The van der Waals surface area contributed by atoms with Gasteiger partial charge in [-0.25, -0.2) is 4.98 Å². The number of nitrogen functional groups attached to an aromatic ring is 2. The summed E-state index contributed by atoms with van der Waals surface area (Å²) in [6.07, 6.45) is 3.31. The van der Waals surface area contributed by atoms with Crippen LogP contribution < -0.4 is 11.5 Å². The Bertz CT molecular complexity index is 529. The Morgan fingerprint density at radius 1 is 1.07 bits per heavy atom. The quantitative estimate of drug-likeness (QED) is 0.644. The predicted octanol–water partition coefficient (Wildman–Crippen LogP) is 0.327. The van der Waals surface area contributed by atoms with Crippen molar-refractivity contribution in [2.75, 3.05) is 11.5 Å². The summed E-state index contributed by atoms with van der Waals surface area (Å²) in [6.45, 7) is 0.946. The van der Waals surface area contributed by atoms with Crippen molar-refractivity contribution in [2.45, 2.75) is 25.8 Å². The van der Waals surface area contributed by atoms with Gasteiger partial charge in [-0.2, -0.15) is 9.97 Å². The minimum atomic E-state index is 0.216. The van der Waals surface area contributed by atoms with Gasteiger partial charge in [0.15, 0.2) is 17.0 Å². The summed E-state index contributed by atoms with van der Waals surface area (Å²) >= 11 is 0. The average Bonchev–Trinajstić information content (AvgIpc) is 2.57. The van der Waals surface area contributed by atoms with Crippen molar-refractivity contribution in [3.8, 4) is 0 Å². The van der Waals surface area contributed by atoms with Gasteiger partial charge in [0.25, 0.3) is 0 Å². The van der Waals surface area contributed by atoms with E-state index >= 15 is 0 Å². The molecule has 2 aromatic rings. The van der Waals surface area contributed by atoms with Gasteiger partial charge in [0, 0.05) is 13.0 Å². The van der Waals surface area contributed by atoms with Crippen LogP contribution in [-0.2, 0) is 13.0 Å². The summed E-state index contributed by atoms with van der Waals surface area (Å²) in [5.74, 6) is 1.63. The van der Waals surface area contributed by atoms with Crippen molar-refractivity contribution in [3.05, 3.63) is 5.82 Å². The molecule has 4 N–H and O–H groups in total. The fraction of sp³-hybridized carbons (Fsp3) is 0.444. The van der Waals surface area contributed by atoms with Crippen molar-refractivity contribution in [1.29, 1.82) is 0 Å². The molecule has 3 heterocycles. The van der Waals surface area contributed by atoms with Crippen molar-refractivity contribution in [1.82, 2.24) is 19.5 Å². The third kappa shape index (κ3) is 1.14. The maximum Gasteiger partial charge on any atom is 0.224 e. The van der Waals surface area contributed by atoms with Gasteiger partial charge in [-0.05, 0) is 12.8 Å². The second-order valence-electron chi connectivity index (χ2n) is 3.78.